The Labute approximate surface area is 132 Å². The van der Waals surface area contributed by atoms with Gasteiger partial charge in [0.2, 0.25) is 0 Å². The number of rotatable bonds is 4. The Kier molecular flexibility index (Phi) is 6.88. The van der Waals surface area contributed by atoms with Crippen LogP contribution in [-0.4, -0.2) is 60.0 Å². The van der Waals surface area contributed by atoms with Crippen molar-refractivity contribution in [2.24, 2.45) is 4.99 Å². The maximum atomic E-state index is 4.50. The van der Waals surface area contributed by atoms with Gasteiger partial charge in [0.25, 0.3) is 0 Å². The zero-order valence-corrected chi connectivity index (χ0v) is 14.6. The van der Waals surface area contributed by atoms with Crippen molar-refractivity contribution in [3.63, 3.8) is 0 Å². The molecule has 0 atom stereocenters. The van der Waals surface area contributed by atoms with Crippen LogP contribution in [0, 0.1) is 0 Å². The fourth-order valence-electron chi connectivity index (χ4n) is 3.27. The van der Waals surface area contributed by atoms with Gasteiger partial charge in [0.1, 0.15) is 0 Å². The van der Waals surface area contributed by atoms with Gasteiger partial charge in [-0.1, -0.05) is 19.3 Å². The third-order valence-electron chi connectivity index (χ3n) is 4.33. The number of hydrogen-bond donors (Lipinski definition) is 1. The summed E-state index contributed by atoms with van der Waals surface area (Å²) < 4.78 is 0.521. The number of nitrogens with zero attached hydrogens (tertiary/aromatic N) is 2. The van der Waals surface area contributed by atoms with E-state index in [4.69, 9.17) is 0 Å². The summed E-state index contributed by atoms with van der Waals surface area (Å²) in [4.78, 5) is 7.00. The Hall–Kier alpha value is -0.0300. The molecule has 0 aromatic carbocycles. The van der Waals surface area contributed by atoms with Crippen molar-refractivity contribution in [2.45, 2.75) is 43.3 Å². The van der Waals surface area contributed by atoms with Gasteiger partial charge in [-0.2, -0.15) is 23.5 Å². The van der Waals surface area contributed by atoms with Gasteiger partial charge in [-0.3, -0.25) is 4.99 Å². The van der Waals surface area contributed by atoms with Crippen LogP contribution in [-0.2, 0) is 0 Å². The Morgan fingerprint density at radius 1 is 1.35 bits per heavy atom. The first-order valence-electron chi connectivity index (χ1n) is 7.88. The normalized spacial score (nSPS) is 23.1. The molecule has 1 N–H and O–H groups in total. The van der Waals surface area contributed by atoms with Crippen molar-refractivity contribution < 1.29 is 0 Å². The van der Waals surface area contributed by atoms with E-state index in [0.29, 0.717) is 4.75 Å². The largest absolute Gasteiger partial charge is 0.356 e. The molecule has 0 aromatic heterocycles. The second-order valence-corrected chi connectivity index (χ2v) is 8.38. The standard InChI is InChI=1S/C15H29N3S2/c1-16-14(17-9-6-11-19-2)18-10-12-20-15(13-18)7-4-3-5-8-15/h3-13H2,1-2H3,(H,16,17). The molecule has 1 aliphatic carbocycles. The van der Waals surface area contributed by atoms with Crippen LogP contribution in [0.1, 0.15) is 38.5 Å². The minimum atomic E-state index is 0.521. The quantitative estimate of drug-likeness (QED) is 0.490. The second-order valence-electron chi connectivity index (χ2n) is 5.83. The van der Waals surface area contributed by atoms with Gasteiger partial charge in [-0.05, 0) is 31.3 Å². The molecule has 1 heterocycles. The number of guanidine groups is 1. The molecule has 1 saturated heterocycles. The molecule has 5 heteroatoms. The monoisotopic (exact) mass is 315 g/mol. The molecule has 20 heavy (non-hydrogen) atoms. The van der Waals surface area contributed by atoms with E-state index in [1.807, 2.05) is 18.8 Å². The summed E-state index contributed by atoms with van der Waals surface area (Å²) in [5, 5.41) is 3.55. The SMILES string of the molecule is CN=C(NCCCSC)N1CCSC2(CCCCC2)C1. The highest BCUT2D eigenvalue weighted by Crippen LogP contribution is 2.42. The number of hydrogen-bond acceptors (Lipinski definition) is 3. The lowest BCUT2D eigenvalue weighted by molar-refractivity contribution is 0.293. The zero-order valence-electron chi connectivity index (χ0n) is 13.0. The van der Waals surface area contributed by atoms with Crippen molar-refractivity contribution in [2.75, 3.05) is 44.4 Å². The van der Waals surface area contributed by atoms with Crippen LogP contribution in [0.4, 0.5) is 0 Å². The maximum Gasteiger partial charge on any atom is 0.193 e. The van der Waals surface area contributed by atoms with E-state index in [-0.39, 0.29) is 0 Å². The van der Waals surface area contributed by atoms with E-state index in [1.165, 1.54) is 56.6 Å². The number of aliphatic imine (C=N–C) groups is 1. The first-order valence-corrected chi connectivity index (χ1v) is 10.3. The lowest BCUT2D eigenvalue weighted by Crippen LogP contribution is -2.53. The average Bonchev–Trinajstić information content (AvgIpc) is 2.48. The average molecular weight is 316 g/mol. The van der Waals surface area contributed by atoms with E-state index in [1.54, 1.807) is 0 Å². The molecule has 0 radical (unpaired) electrons. The van der Waals surface area contributed by atoms with Gasteiger partial charge in [0.15, 0.2) is 5.96 Å². The molecule has 0 unspecified atom stereocenters. The summed E-state index contributed by atoms with van der Waals surface area (Å²) in [7, 11) is 1.92. The van der Waals surface area contributed by atoms with Gasteiger partial charge < -0.3 is 10.2 Å². The maximum absolute atomic E-state index is 4.50. The van der Waals surface area contributed by atoms with Crippen LogP contribution in [0.2, 0.25) is 0 Å². The van der Waals surface area contributed by atoms with Gasteiger partial charge in [0, 0.05) is 37.2 Å². The molecule has 0 aromatic rings. The first kappa shape index (κ1) is 16.3. The summed E-state index contributed by atoms with van der Waals surface area (Å²) >= 11 is 4.14. The van der Waals surface area contributed by atoms with E-state index >= 15 is 0 Å². The van der Waals surface area contributed by atoms with Crippen molar-refractivity contribution >= 4 is 29.5 Å². The van der Waals surface area contributed by atoms with Crippen molar-refractivity contribution in [1.82, 2.24) is 10.2 Å². The Balaban J connectivity index is 1.86. The molecular formula is C15H29N3S2. The van der Waals surface area contributed by atoms with Crippen LogP contribution < -0.4 is 5.32 Å². The number of nitrogens with one attached hydrogen (secondary N) is 1. The highest BCUT2D eigenvalue weighted by molar-refractivity contribution is 8.00. The molecule has 3 nitrogen and oxygen atoms in total. The topological polar surface area (TPSA) is 27.6 Å². The fraction of sp³-hybridized carbons (Fsp3) is 0.933. The van der Waals surface area contributed by atoms with E-state index in [2.05, 4.69) is 33.2 Å². The van der Waals surface area contributed by atoms with Crippen LogP contribution in [0.5, 0.6) is 0 Å². The van der Waals surface area contributed by atoms with Crippen LogP contribution in [0.3, 0.4) is 0 Å². The molecule has 1 saturated carbocycles. The second kappa shape index (κ2) is 8.42. The molecule has 116 valence electrons. The van der Waals surface area contributed by atoms with Crippen LogP contribution >= 0.6 is 23.5 Å². The summed E-state index contributed by atoms with van der Waals surface area (Å²) in [5.74, 6) is 3.60. The lowest BCUT2D eigenvalue weighted by atomic mass is 9.87. The van der Waals surface area contributed by atoms with Crippen molar-refractivity contribution in [3.8, 4) is 0 Å². The predicted molar refractivity (Wildman–Crippen MR) is 94.2 cm³/mol. The van der Waals surface area contributed by atoms with E-state index in [9.17, 15) is 0 Å². The van der Waals surface area contributed by atoms with Gasteiger partial charge in [-0.15, -0.1) is 0 Å². The highest BCUT2D eigenvalue weighted by Gasteiger charge is 2.38. The summed E-state index contributed by atoms with van der Waals surface area (Å²) in [6.45, 7) is 3.39. The third-order valence-corrected chi connectivity index (χ3v) is 6.57. The summed E-state index contributed by atoms with van der Waals surface area (Å²) in [6, 6.07) is 0. The first-order chi connectivity index (χ1) is 9.79. The number of thioether (sulfide) groups is 2. The van der Waals surface area contributed by atoms with Gasteiger partial charge in [0.05, 0.1) is 0 Å². The lowest BCUT2D eigenvalue weighted by Gasteiger charge is -2.45. The van der Waals surface area contributed by atoms with Gasteiger partial charge in [-0.25, -0.2) is 0 Å². The highest BCUT2D eigenvalue weighted by atomic mass is 32.2. The Morgan fingerprint density at radius 3 is 2.85 bits per heavy atom. The zero-order chi connectivity index (χ0) is 14.3. The van der Waals surface area contributed by atoms with Crippen molar-refractivity contribution in [3.05, 3.63) is 0 Å². The molecule has 1 aliphatic heterocycles. The predicted octanol–water partition coefficient (Wildman–Crippen LogP) is 3.07. The van der Waals surface area contributed by atoms with Crippen molar-refractivity contribution in [1.29, 1.82) is 0 Å². The molecular weight excluding hydrogens is 286 g/mol. The van der Waals surface area contributed by atoms with E-state index < -0.39 is 0 Å². The Bertz CT molecular complexity index is 309. The van der Waals surface area contributed by atoms with Gasteiger partial charge >= 0.3 is 0 Å². The minimum absolute atomic E-state index is 0.521. The molecule has 1 spiro atoms. The summed E-state index contributed by atoms with van der Waals surface area (Å²) in [6.07, 6.45) is 10.5. The van der Waals surface area contributed by atoms with E-state index in [0.717, 1.165) is 19.0 Å². The fourth-order valence-corrected chi connectivity index (χ4v) is 5.28. The van der Waals surface area contributed by atoms with Crippen LogP contribution in [0.15, 0.2) is 4.99 Å². The molecule has 2 fully saturated rings. The molecule has 0 bridgehead atoms. The minimum Gasteiger partial charge on any atom is -0.356 e. The van der Waals surface area contributed by atoms with Crippen LogP contribution in [0.25, 0.3) is 0 Å². The third kappa shape index (κ3) is 4.48. The molecule has 2 aliphatic rings. The smallest absolute Gasteiger partial charge is 0.193 e. The molecule has 2 rings (SSSR count). The molecule has 0 amide bonds. The summed E-state index contributed by atoms with van der Waals surface area (Å²) in [5.41, 5.74) is 0. The Morgan fingerprint density at radius 2 is 2.15 bits per heavy atom.